The number of carbonyl (C=O) groups excluding carboxylic acids is 1. The molecule has 10 nitrogen and oxygen atoms in total. The third-order valence-corrected chi connectivity index (χ3v) is 6.15. The van der Waals surface area contributed by atoms with Crippen molar-refractivity contribution in [1.82, 2.24) is 18.8 Å². The lowest BCUT2D eigenvalue weighted by molar-refractivity contribution is -0.136. The molecule has 25 heavy (non-hydrogen) atoms. The topological polar surface area (TPSA) is 119 Å². The van der Waals surface area contributed by atoms with Gasteiger partial charge in [0.25, 0.3) is 10.2 Å². The average Bonchev–Trinajstić information content (AvgIpc) is 2.53. The molecule has 0 radical (unpaired) electrons. The van der Waals surface area contributed by atoms with E-state index in [1.54, 1.807) is 0 Å². The van der Waals surface area contributed by atoms with E-state index in [1.165, 1.54) is 13.5 Å². The molecule has 2 fully saturated rings. The molecule has 2 unspecified atom stereocenters. The maximum absolute atomic E-state index is 12.8. The predicted molar refractivity (Wildman–Crippen MR) is 89.3 cm³/mol. The Kier molecular flexibility index (Phi) is 6.60. The number of rotatable bonds is 5. The van der Waals surface area contributed by atoms with Crippen LogP contribution in [0.25, 0.3) is 0 Å². The first kappa shape index (κ1) is 19.9. The molecule has 0 aromatic rings. The van der Waals surface area contributed by atoms with E-state index in [1.807, 2.05) is 13.8 Å². The average molecular weight is 378 g/mol. The fourth-order valence-electron chi connectivity index (χ4n) is 2.99. The first-order chi connectivity index (χ1) is 11.7. The van der Waals surface area contributed by atoms with Crippen molar-refractivity contribution >= 4 is 22.2 Å². The summed E-state index contributed by atoms with van der Waals surface area (Å²) in [6, 6.07) is -0.369. The molecule has 11 heteroatoms. The summed E-state index contributed by atoms with van der Waals surface area (Å²) in [4.78, 5) is 23.9. The van der Waals surface area contributed by atoms with Gasteiger partial charge < -0.3 is 20.1 Å². The van der Waals surface area contributed by atoms with Gasteiger partial charge in [-0.1, -0.05) is 0 Å². The van der Waals surface area contributed by atoms with Crippen molar-refractivity contribution in [3.05, 3.63) is 0 Å². The predicted octanol–water partition coefficient (Wildman–Crippen LogP) is -0.858. The minimum absolute atomic E-state index is 0.0518. The second-order valence-electron chi connectivity index (χ2n) is 6.34. The number of hydrogen-bond donors (Lipinski definition) is 2. The first-order valence-electron chi connectivity index (χ1n) is 8.35. The maximum atomic E-state index is 12.8. The Morgan fingerprint density at radius 2 is 1.64 bits per heavy atom. The molecule has 2 aliphatic rings. The standard InChI is InChI=1S/C14H26N4O6S/c1-11-9-18(10-12(2)24-11)25(22,23)17-7-5-16(6-8-17)14(21)15-4-3-13(19)20/h11-12H,3-10H2,1-2H3,(H,15,21)(H,19,20). The van der Waals surface area contributed by atoms with Gasteiger partial charge in [-0.2, -0.15) is 17.0 Å². The number of urea groups is 1. The molecule has 2 N–H and O–H groups in total. The lowest BCUT2D eigenvalue weighted by atomic mass is 10.3. The number of nitrogens with zero attached hydrogens (tertiary/aromatic N) is 3. The lowest BCUT2D eigenvalue weighted by Crippen LogP contribution is -2.58. The number of amides is 2. The van der Waals surface area contributed by atoms with Gasteiger partial charge in [0.1, 0.15) is 0 Å². The fraction of sp³-hybridized carbons (Fsp3) is 0.857. The lowest BCUT2D eigenvalue weighted by Gasteiger charge is -2.40. The Morgan fingerprint density at radius 1 is 1.08 bits per heavy atom. The Hall–Kier alpha value is -1.43. The van der Waals surface area contributed by atoms with Crippen molar-refractivity contribution in [2.45, 2.75) is 32.5 Å². The molecule has 2 amide bonds. The second kappa shape index (κ2) is 8.30. The smallest absolute Gasteiger partial charge is 0.317 e. The number of carbonyl (C=O) groups is 2. The summed E-state index contributed by atoms with van der Waals surface area (Å²) < 4.78 is 33.9. The van der Waals surface area contributed by atoms with Crippen molar-refractivity contribution in [2.75, 3.05) is 45.8 Å². The SMILES string of the molecule is CC1CN(S(=O)(=O)N2CCN(C(=O)NCCC(=O)O)CC2)CC(C)O1. The molecule has 2 heterocycles. The Labute approximate surface area is 147 Å². The highest BCUT2D eigenvalue weighted by Gasteiger charge is 2.37. The summed E-state index contributed by atoms with van der Waals surface area (Å²) in [6.45, 7) is 5.36. The zero-order valence-electron chi connectivity index (χ0n) is 14.5. The van der Waals surface area contributed by atoms with E-state index in [9.17, 15) is 18.0 Å². The van der Waals surface area contributed by atoms with Crippen LogP contribution in [-0.2, 0) is 19.7 Å². The van der Waals surface area contributed by atoms with E-state index in [2.05, 4.69) is 5.32 Å². The largest absolute Gasteiger partial charge is 0.481 e. The van der Waals surface area contributed by atoms with Gasteiger partial charge in [0, 0.05) is 45.8 Å². The first-order valence-corrected chi connectivity index (χ1v) is 9.75. The van der Waals surface area contributed by atoms with Crippen LogP contribution in [0.3, 0.4) is 0 Å². The van der Waals surface area contributed by atoms with Crippen LogP contribution in [0.15, 0.2) is 0 Å². The van der Waals surface area contributed by atoms with Crippen LogP contribution in [0.2, 0.25) is 0 Å². The van der Waals surface area contributed by atoms with Gasteiger partial charge in [-0.25, -0.2) is 4.79 Å². The van der Waals surface area contributed by atoms with Crippen molar-refractivity contribution in [3.8, 4) is 0 Å². The number of morpholine rings is 1. The van der Waals surface area contributed by atoms with Crippen LogP contribution >= 0.6 is 0 Å². The van der Waals surface area contributed by atoms with Crippen molar-refractivity contribution in [2.24, 2.45) is 0 Å². The van der Waals surface area contributed by atoms with Crippen LogP contribution in [0.4, 0.5) is 4.79 Å². The van der Waals surface area contributed by atoms with E-state index < -0.39 is 16.2 Å². The Morgan fingerprint density at radius 3 is 2.16 bits per heavy atom. The third-order valence-electron chi connectivity index (χ3n) is 4.18. The normalized spacial score (nSPS) is 26.4. The molecular weight excluding hydrogens is 352 g/mol. The van der Waals surface area contributed by atoms with E-state index >= 15 is 0 Å². The highest BCUT2D eigenvalue weighted by atomic mass is 32.2. The van der Waals surface area contributed by atoms with E-state index in [4.69, 9.17) is 9.84 Å². The van der Waals surface area contributed by atoms with Gasteiger partial charge in [0.05, 0.1) is 18.6 Å². The number of hydrogen-bond acceptors (Lipinski definition) is 5. The van der Waals surface area contributed by atoms with Crippen molar-refractivity contribution < 1.29 is 27.9 Å². The quantitative estimate of drug-likeness (QED) is 0.643. The Balaban J connectivity index is 1.86. The second-order valence-corrected chi connectivity index (χ2v) is 8.27. The van der Waals surface area contributed by atoms with E-state index in [0.29, 0.717) is 13.1 Å². The van der Waals surface area contributed by atoms with Gasteiger partial charge in [-0.05, 0) is 13.8 Å². The summed E-state index contributed by atoms with van der Waals surface area (Å²) in [6.07, 6.45) is -0.451. The molecule has 144 valence electrons. The third kappa shape index (κ3) is 5.27. The van der Waals surface area contributed by atoms with E-state index in [-0.39, 0.29) is 57.4 Å². The van der Waals surface area contributed by atoms with Gasteiger partial charge in [-0.15, -0.1) is 0 Å². The summed E-state index contributed by atoms with van der Waals surface area (Å²) >= 11 is 0. The molecule has 0 aromatic heterocycles. The summed E-state index contributed by atoms with van der Waals surface area (Å²) in [7, 11) is -3.58. The van der Waals surface area contributed by atoms with Crippen molar-refractivity contribution in [3.63, 3.8) is 0 Å². The van der Waals surface area contributed by atoms with E-state index in [0.717, 1.165) is 0 Å². The minimum atomic E-state index is -3.58. The molecule has 2 saturated heterocycles. The molecule has 0 spiro atoms. The summed E-state index contributed by atoms with van der Waals surface area (Å²) in [5.74, 6) is -0.981. The number of nitrogens with one attached hydrogen (secondary N) is 1. The highest BCUT2D eigenvalue weighted by molar-refractivity contribution is 7.86. The number of piperazine rings is 1. The van der Waals surface area contributed by atoms with Crippen LogP contribution in [-0.4, -0.2) is 97.1 Å². The van der Waals surface area contributed by atoms with Gasteiger partial charge in [-0.3, -0.25) is 4.79 Å². The monoisotopic (exact) mass is 378 g/mol. The van der Waals surface area contributed by atoms with Crippen LogP contribution in [0.1, 0.15) is 20.3 Å². The number of aliphatic carboxylic acids is 1. The number of carboxylic acids is 1. The number of ether oxygens (including phenoxy) is 1. The van der Waals surface area contributed by atoms with Gasteiger partial charge in [0.15, 0.2) is 0 Å². The van der Waals surface area contributed by atoms with Crippen LogP contribution < -0.4 is 5.32 Å². The number of carboxylic acid groups (broad SMARTS) is 1. The van der Waals surface area contributed by atoms with Crippen LogP contribution in [0.5, 0.6) is 0 Å². The van der Waals surface area contributed by atoms with Gasteiger partial charge in [0.2, 0.25) is 0 Å². The fourth-order valence-corrected chi connectivity index (χ4v) is 4.74. The zero-order chi connectivity index (χ0) is 18.6. The molecule has 2 aliphatic heterocycles. The molecule has 2 rings (SSSR count). The molecule has 0 aliphatic carbocycles. The minimum Gasteiger partial charge on any atom is -0.481 e. The summed E-state index contributed by atoms with van der Waals surface area (Å²) in [5.41, 5.74) is 0. The molecule has 0 saturated carbocycles. The van der Waals surface area contributed by atoms with Gasteiger partial charge >= 0.3 is 12.0 Å². The van der Waals surface area contributed by atoms with Crippen LogP contribution in [0, 0.1) is 0 Å². The summed E-state index contributed by atoms with van der Waals surface area (Å²) in [5, 5.41) is 11.1. The molecular formula is C14H26N4O6S. The zero-order valence-corrected chi connectivity index (χ0v) is 15.4. The molecule has 0 aromatic carbocycles. The molecule has 2 atom stereocenters. The van der Waals surface area contributed by atoms with Crippen molar-refractivity contribution in [1.29, 1.82) is 0 Å². The maximum Gasteiger partial charge on any atom is 0.317 e. The highest BCUT2D eigenvalue weighted by Crippen LogP contribution is 2.18. The molecule has 0 bridgehead atoms. The Bertz CT molecular complexity index is 580.